The quantitative estimate of drug-likeness (QED) is 0.787. The van der Waals surface area contributed by atoms with Crippen molar-refractivity contribution in [2.45, 2.75) is 25.4 Å². The van der Waals surface area contributed by atoms with Crippen molar-refractivity contribution >= 4 is 11.4 Å². The lowest BCUT2D eigenvalue weighted by molar-refractivity contribution is -0.136. The van der Waals surface area contributed by atoms with E-state index >= 15 is 0 Å². The number of fused-ring (bicyclic) bond motifs is 1. The number of hydrogen-bond donors (Lipinski definition) is 1. The highest BCUT2D eigenvalue weighted by molar-refractivity contribution is 6.03. The Morgan fingerprint density at radius 1 is 0.909 bits per heavy atom. The molecule has 0 unspecified atom stereocenters. The van der Waals surface area contributed by atoms with Crippen LogP contribution < -0.4 is 5.43 Å². The molecule has 3 rings (SSSR count). The Labute approximate surface area is 126 Å². The van der Waals surface area contributed by atoms with E-state index in [1.165, 1.54) is 17.7 Å². The molecule has 1 N–H and O–H groups in total. The number of para-hydroxylation sites is 1. The largest absolute Gasteiger partial charge is 0.418 e. The zero-order valence-corrected chi connectivity index (χ0v) is 11.8. The molecule has 114 valence electrons. The lowest BCUT2D eigenvalue weighted by Crippen LogP contribution is -2.14. The van der Waals surface area contributed by atoms with Crippen molar-refractivity contribution in [3.05, 3.63) is 65.2 Å². The normalized spacial score (nSPS) is 16.4. The Kier molecular flexibility index (Phi) is 3.88. The van der Waals surface area contributed by atoms with Gasteiger partial charge in [0.15, 0.2) is 0 Å². The molecule has 2 aromatic rings. The lowest BCUT2D eigenvalue weighted by Gasteiger charge is -2.18. The monoisotopic (exact) mass is 304 g/mol. The van der Waals surface area contributed by atoms with Crippen LogP contribution in [0.25, 0.3) is 0 Å². The van der Waals surface area contributed by atoms with Crippen LogP contribution in [0.5, 0.6) is 0 Å². The van der Waals surface area contributed by atoms with Crippen LogP contribution in [-0.4, -0.2) is 5.71 Å². The molecule has 0 amide bonds. The minimum Gasteiger partial charge on any atom is -0.278 e. The second-order valence-corrected chi connectivity index (χ2v) is 5.22. The molecule has 5 heteroatoms. The Morgan fingerprint density at radius 3 is 2.45 bits per heavy atom. The van der Waals surface area contributed by atoms with E-state index in [-0.39, 0.29) is 5.69 Å². The summed E-state index contributed by atoms with van der Waals surface area (Å²) in [5.74, 6) is 0. The summed E-state index contributed by atoms with van der Waals surface area (Å²) in [6.07, 6.45) is -1.70. The number of nitrogens with zero attached hydrogens (tertiary/aromatic N) is 1. The van der Waals surface area contributed by atoms with Crippen LogP contribution in [-0.2, 0) is 12.6 Å². The highest BCUT2D eigenvalue weighted by atomic mass is 19.4. The Bertz CT molecular complexity index is 705. The third kappa shape index (κ3) is 2.98. The molecule has 2 nitrogen and oxygen atoms in total. The molecule has 0 heterocycles. The number of aryl methyl sites for hydroxylation is 1. The first-order valence-corrected chi connectivity index (χ1v) is 7.13. The summed E-state index contributed by atoms with van der Waals surface area (Å²) in [5.41, 5.74) is 4.89. The van der Waals surface area contributed by atoms with Gasteiger partial charge in [0.25, 0.3) is 0 Å². The molecule has 1 aliphatic rings. The molecule has 22 heavy (non-hydrogen) atoms. The molecule has 0 saturated carbocycles. The van der Waals surface area contributed by atoms with Crippen LogP contribution in [0.15, 0.2) is 53.6 Å². The molecule has 0 atom stereocenters. The summed E-state index contributed by atoms with van der Waals surface area (Å²) in [4.78, 5) is 0. The number of alkyl halides is 3. The average molecular weight is 304 g/mol. The van der Waals surface area contributed by atoms with Crippen molar-refractivity contribution < 1.29 is 13.2 Å². The van der Waals surface area contributed by atoms with Gasteiger partial charge in [-0.05, 0) is 37.0 Å². The number of anilines is 1. The van der Waals surface area contributed by atoms with E-state index in [9.17, 15) is 13.2 Å². The minimum absolute atomic E-state index is 0.0226. The first kappa shape index (κ1) is 14.6. The van der Waals surface area contributed by atoms with Gasteiger partial charge in [0.1, 0.15) is 0 Å². The van der Waals surface area contributed by atoms with E-state index in [0.717, 1.165) is 36.6 Å². The number of benzene rings is 2. The van der Waals surface area contributed by atoms with Crippen molar-refractivity contribution in [1.29, 1.82) is 0 Å². The lowest BCUT2D eigenvalue weighted by atomic mass is 9.90. The number of rotatable bonds is 2. The molecule has 2 aromatic carbocycles. The van der Waals surface area contributed by atoms with Crippen LogP contribution in [0.4, 0.5) is 18.9 Å². The molecule has 0 radical (unpaired) electrons. The third-order valence-electron chi connectivity index (χ3n) is 3.73. The van der Waals surface area contributed by atoms with Crippen LogP contribution in [0.3, 0.4) is 0 Å². The fourth-order valence-electron chi connectivity index (χ4n) is 2.67. The molecule has 0 spiro atoms. The van der Waals surface area contributed by atoms with Crippen LogP contribution in [0, 0.1) is 0 Å². The second-order valence-electron chi connectivity index (χ2n) is 5.22. The summed E-state index contributed by atoms with van der Waals surface area (Å²) in [7, 11) is 0. The molecular formula is C17H15F3N2. The van der Waals surface area contributed by atoms with Gasteiger partial charge in [-0.15, -0.1) is 0 Å². The molecular weight excluding hydrogens is 289 g/mol. The highest BCUT2D eigenvalue weighted by Gasteiger charge is 2.33. The van der Waals surface area contributed by atoms with Crippen molar-refractivity contribution in [2.75, 3.05) is 5.43 Å². The van der Waals surface area contributed by atoms with Gasteiger partial charge in [0.05, 0.1) is 17.0 Å². The number of halogens is 3. The third-order valence-corrected chi connectivity index (χ3v) is 3.73. The first-order chi connectivity index (χ1) is 10.6. The van der Waals surface area contributed by atoms with Gasteiger partial charge in [-0.1, -0.05) is 36.4 Å². The fourth-order valence-corrected chi connectivity index (χ4v) is 2.67. The van der Waals surface area contributed by atoms with Gasteiger partial charge in [-0.25, -0.2) is 0 Å². The van der Waals surface area contributed by atoms with Gasteiger partial charge < -0.3 is 0 Å². The summed E-state index contributed by atoms with van der Waals surface area (Å²) in [5, 5.41) is 4.24. The predicted octanol–water partition coefficient (Wildman–Crippen LogP) is 4.86. The Hall–Kier alpha value is -2.30. The van der Waals surface area contributed by atoms with Crippen molar-refractivity contribution in [3.63, 3.8) is 0 Å². The molecule has 0 saturated heterocycles. The minimum atomic E-state index is -4.39. The smallest absolute Gasteiger partial charge is 0.278 e. The zero-order chi connectivity index (χ0) is 15.6. The average Bonchev–Trinajstić information content (AvgIpc) is 2.52. The summed E-state index contributed by atoms with van der Waals surface area (Å²) in [6.45, 7) is 0. The maximum atomic E-state index is 13.0. The summed E-state index contributed by atoms with van der Waals surface area (Å²) in [6, 6.07) is 13.3. The summed E-state index contributed by atoms with van der Waals surface area (Å²) < 4.78 is 38.9. The van der Waals surface area contributed by atoms with Crippen molar-refractivity contribution in [3.8, 4) is 0 Å². The maximum Gasteiger partial charge on any atom is 0.418 e. The second kappa shape index (κ2) is 5.83. The standard InChI is InChI=1S/C17H15F3N2/c18-17(19,20)14-9-3-4-10-16(14)22-21-15-11-5-7-12-6-1-2-8-13(12)15/h1-4,6,8-10,22H,5,7,11H2/b21-15+. The number of hydrazone groups is 1. The van der Waals surface area contributed by atoms with E-state index in [0.29, 0.717) is 0 Å². The van der Waals surface area contributed by atoms with E-state index in [2.05, 4.69) is 10.5 Å². The zero-order valence-electron chi connectivity index (χ0n) is 11.8. The van der Waals surface area contributed by atoms with Crippen molar-refractivity contribution in [1.82, 2.24) is 0 Å². The Balaban J connectivity index is 1.90. The topological polar surface area (TPSA) is 24.4 Å². The van der Waals surface area contributed by atoms with Gasteiger partial charge in [0, 0.05) is 5.56 Å². The van der Waals surface area contributed by atoms with E-state index in [1.807, 2.05) is 24.3 Å². The Morgan fingerprint density at radius 2 is 1.64 bits per heavy atom. The predicted molar refractivity (Wildman–Crippen MR) is 81.0 cm³/mol. The first-order valence-electron chi connectivity index (χ1n) is 7.13. The highest BCUT2D eigenvalue weighted by Crippen LogP contribution is 2.34. The van der Waals surface area contributed by atoms with Crippen LogP contribution in [0.1, 0.15) is 29.5 Å². The van der Waals surface area contributed by atoms with Gasteiger partial charge in [-0.3, -0.25) is 5.43 Å². The molecule has 0 aromatic heterocycles. The molecule has 0 bridgehead atoms. The molecule has 0 aliphatic heterocycles. The van der Waals surface area contributed by atoms with Gasteiger partial charge >= 0.3 is 6.18 Å². The fraction of sp³-hybridized carbons (Fsp3) is 0.235. The molecule has 0 fully saturated rings. The maximum absolute atomic E-state index is 13.0. The summed E-state index contributed by atoms with van der Waals surface area (Å²) >= 11 is 0. The van der Waals surface area contributed by atoms with Gasteiger partial charge in [-0.2, -0.15) is 18.3 Å². The molecule has 1 aliphatic carbocycles. The van der Waals surface area contributed by atoms with Crippen molar-refractivity contribution in [2.24, 2.45) is 5.10 Å². The van der Waals surface area contributed by atoms with Gasteiger partial charge in [0.2, 0.25) is 0 Å². The van der Waals surface area contributed by atoms with E-state index in [4.69, 9.17) is 0 Å². The SMILES string of the molecule is FC(F)(F)c1ccccc1N/N=C1\CCCc2ccccc21. The van der Waals surface area contributed by atoms with E-state index in [1.54, 1.807) is 6.07 Å². The number of hydrogen-bond acceptors (Lipinski definition) is 2. The van der Waals surface area contributed by atoms with E-state index < -0.39 is 11.7 Å². The van der Waals surface area contributed by atoms with Crippen LogP contribution >= 0.6 is 0 Å². The number of nitrogens with one attached hydrogen (secondary N) is 1. The van der Waals surface area contributed by atoms with Crippen LogP contribution in [0.2, 0.25) is 0 Å².